The van der Waals surface area contributed by atoms with Gasteiger partial charge in [-0.15, -0.1) is 0 Å². The number of carboxylic acids is 1. The first-order valence-corrected chi connectivity index (χ1v) is 7.67. The second-order valence-electron chi connectivity index (χ2n) is 4.80. The molecule has 8 heteroatoms. The molecule has 128 valence electrons. The average molecular weight is 378 g/mol. The summed E-state index contributed by atoms with van der Waals surface area (Å²) in [5.74, 6) is -2.49. The number of amides is 2. The molecule has 0 fully saturated rings. The van der Waals surface area contributed by atoms with Gasteiger partial charge < -0.3 is 20.5 Å². The lowest BCUT2D eigenvalue weighted by molar-refractivity contribution is -0.297. The first-order chi connectivity index (χ1) is 11.8. The molecule has 0 heterocycles. The fourth-order valence-corrected chi connectivity index (χ4v) is 2.27. The van der Waals surface area contributed by atoms with Crippen LogP contribution in [0.1, 0.15) is 10.4 Å². The summed E-state index contributed by atoms with van der Waals surface area (Å²) in [6.45, 7) is 0. The predicted octanol–water partition coefficient (Wildman–Crippen LogP) is 2.49. The van der Waals surface area contributed by atoms with Crippen LogP contribution in [0, 0.1) is 0 Å². The van der Waals surface area contributed by atoms with Crippen LogP contribution >= 0.6 is 23.2 Å². The zero-order valence-corrected chi connectivity index (χ0v) is 14.1. The summed E-state index contributed by atoms with van der Waals surface area (Å²) in [4.78, 5) is 33.9. The highest BCUT2D eigenvalue weighted by Gasteiger charge is 2.09. The van der Waals surface area contributed by atoms with E-state index >= 15 is 0 Å². The van der Waals surface area contributed by atoms with Crippen molar-refractivity contribution in [1.82, 2.24) is 0 Å². The van der Waals surface area contributed by atoms with Crippen molar-refractivity contribution in [2.45, 2.75) is 0 Å². The minimum atomic E-state index is -1.47. The highest BCUT2D eigenvalue weighted by atomic mass is 35.5. The maximum atomic E-state index is 12.2. The molecule has 2 aromatic rings. The molecular formula is C17H11Cl2N2O4-. The van der Waals surface area contributed by atoms with Gasteiger partial charge in [-0.1, -0.05) is 23.2 Å². The first-order valence-electron chi connectivity index (χ1n) is 6.91. The smallest absolute Gasteiger partial charge is 0.255 e. The summed E-state index contributed by atoms with van der Waals surface area (Å²) in [7, 11) is 0. The highest BCUT2D eigenvalue weighted by Crippen LogP contribution is 2.25. The van der Waals surface area contributed by atoms with Gasteiger partial charge in [-0.05, 0) is 48.5 Å². The van der Waals surface area contributed by atoms with Crippen LogP contribution in [0.3, 0.4) is 0 Å². The number of hydrogen-bond donors (Lipinski definition) is 2. The van der Waals surface area contributed by atoms with Gasteiger partial charge in [-0.2, -0.15) is 0 Å². The van der Waals surface area contributed by atoms with Crippen molar-refractivity contribution in [2.75, 3.05) is 10.6 Å². The Bertz CT molecular complexity index is 848. The van der Waals surface area contributed by atoms with Crippen molar-refractivity contribution in [2.24, 2.45) is 0 Å². The molecule has 25 heavy (non-hydrogen) atoms. The molecule has 0 saturated carbocycles. The molecule has 2 N–H and O–H groups in total. The lowest BCUT2D eigenvalue weighted by Gasteiger charge is -2.08. The van der Waals surface area contributed by atoms with E-state index in [9.17, 15) is 19.5 Å². The summed E-state index contributed by atoms with van der Waals surface area (Å²) >= 11 is 11.8. The van der Waals surface area contributed by atoms with E-state index in [-0.39, 0.29) is 5.91 Å². The third-order valence-corrected chi connectivity index (χ3v) is 3.51. The molecule has 6 nitrogen and oxygen atoms in total. The van der Waals surface area contributed by atoms with Crippen molar-refractivity contribution < 1.29 is 19.5 Å². The molecular weight excluding hydrogens is 367 g/mol. The molecule has 2 rings (SSSR count). The summed E-state index contributed by atoms with van der Waals surface area (Å²) < 4.78 is 0. The minimum Gasteiger partial charge on any atom is -0.545 e. The fourth-order valence-electron chi connectivity index (χ4n) is 1.82. The zero-order valence-electron chi connectivity index (χ0n) is 12.6. The Morgan fingerprint density at radius 3 is 2.20 bits per heavy atom. The van der Waals surface area contributed by atoms with E-state index < -0.39 is 11.9 Å². The molecule has 0 aliphatic carbocycles. The fraction of sp³-hybridized carbons (Fsp3) is 0. The number of aliphatic carboxylic acids is 1. The standard InChI is InChI=1S/C17H12Cl2N2O4/c18-11-3-6-14(13(19)9-11)21-17(25)10-1-4-12(5-2-10)20-15(22)7-8-16(23)24/h1-9H,(H,20,22)(H,21,25)(H,23,24)/p-1/b8-7-. The Balaban J connectivity index is 2.02. The molecule has 0 radical (unpaired) electrons. The van der Waals surface area contributed by atoms with Crippen molar-refractivity contribution >= 4 is 52.4 Å². The number of benzene rings is 2. The van der Waals surface area contributed by atoms with Crippen molar-refractivity contribution in [3.05, 3.63) is 70.2 Å². The lowest BCUT2D eigenvalue weighted by Crippen LogP contribution is -2.20. The van der Waals surface area contributed by atoms with Gasteiger partial charge in [-0.3, -0.25) is 9.59 Å². The molecule has 0 bridgehead atoms. The van der Waals surface area contributed by atoms with Gasteiger partial charge in [0.05, 0.1) is 16.7 Å². The lowest BCUT2D eigenvalue weighted by atomic mass is 10.2. The number of nitrogens with one attached hydrogen (secondary N) is 2. The Labute approximate surface area is 153 Å². The van der Waals surface area contributed by atoms with Crippen LogP contribution in [0.2, 0.25) is 10.0 Å². The SMILES string of the molecule is O=C([O-])/C=C\C(=O)Nc1ccc(C(=O)Nc2ccc(Cl)cc2Cl)cc1. The Kier molecular flexibility index (Phi) is 6.16. The van der Waals surface area contributed by atoms with E-state index in [4.69, 9.17) is 23.2 Å². The van der Waals surface area contributed by atoms with E-state index in [1.165, 1.54) is 30.3 Å². The third kappa shape index (κ3) is 5.63. The number of halogens is 2. The van der Waals surface area contributed by atoms with E-state index in [2.05, 4.69) is 10.6 Å². The van der Waals surface area contributed by atoms with Crippen molar-refractivity contribution in [3.63, 3.8) is 0 Å². The Hall–Kier alpha value is -2.83. The van der Waals surface area contributed by atoms with Gasteiger partial charge in [0.15, 0.2) is 0 Å². The van der Waals surface area contributed by atoms with E-state index in [0.29, 0.717) is 33.1 Å². The van der Waals surface area contributed by atoms with Gasteiger partial charge >= 0.3 is 0 Å². The van der Waals surface area contributed by atoms with E-state index in [0.717, 1.165) is 6.08 Å². The van der Waals surface area contributed by atoms with Gasteiger partial charge in [0.1, 0.15) is 0 Å². The second kappa shape index (κ2) is 8.32. The van der Waals surface area contributed by atoms with Crippen LogP contribution in [0.4, 0.5) is 11.4 Å². The van der Waals surface area contributed by atoms with E-state index in [1.807, 2.05) is 0 Å². The van der Waals surface area contributed by atoms with Gasteiger partial charge in [0, 0.05) is 22.3 Å². The van der Waals surface area contributed by atoms with Crippen LogP contribution in [0.25, 0.3) is 0 Å². The van der Waals surface area contributed by atoms with Crippen LogP contribution < -0.4 is 15.7 Å². The summed E-state index contributed by atoms with van der Waals surface area (Å²) in [6, 6.07) is 10.7. The van der Waals surface area contributed by atoms with Gasteiger partial charge in [0.25, 0.3) is 5.91 Å². The molecule has 0 aliphatic heterocycles. The zero-order chi connectivity index (χ0) is 18.4. The quantitative estimate of drug-likeness (QED) is 0.781. The topological polar surface area (TPSA) is 98.3 Å². The molecule has 2 aromatic carbocycles. The Morgan fingerprint density at radius 2 is 1.60 bits per heavy atom. The normalized spacial score (nSPS) is 10.5. The average Bonchev–Trinajstić information content (AvgIpc) is 2.56. The number of anilines is 2. The van der Waals surface area contributed by atoms with Gasteiger partial charge in [-0.25, -0.2) is 0 Å². The molecule has 2 amide bonds. The van der Waals surface area contributed by atoms with Crippen LogP contribution in [0.5, 0.6) is 0 Å². The molecule has 0 aromatic heterocycles. The van der Waals surface area contributed by atoms with Crippen LogP contribution in [-0.4, -0.2) is 17.8 Å². The number of carboxylic acid groups (broad SMARTS) is 1. The number of rotatable bonds is 5. The minimum absolute atomic E-state index is 0.310. The highest BCUT2D eigenvalue weighted by molar-refractivity contribution is 6.36. The maximum Gasteiger partial charge on any atom is 0.255 e. The van der Waals surface area contributed by atoms with Crippen molar-refractivity contribution in [1.29, 1.82) is 0 Å². The Morgan fingerprint density at radius 1 is 0.920 bits per heavy atom. The molecule has 0 spiro atoms. The number of hydrogen-bond acceptors (Lipinski definition) is 4. The molecule has 0 saturated heterocycles. The van der Waals surface area contributed by atoms with Crippen LogP contribution in [-0.2, 0) is 9.59 Å². The summed E-state index contributed by atoms with van der Waals surface area (Å²) in [5.41, 5.74) is 1.16. The maximum absolute atomic E-state index is 12.2. The molecule has 0 aliphatic rings. The largest absolute Gasteiger partial charge is 0.545 e. The first kappa shape index (κ1) is 18.5. The molecule has 0 atom stereocenters. The summed E-state index contributed by atoms with van der Waals surface area (Å²) in [6.07, 6.45) is 1.45. The third-order valence-electron chi connectivity index (χ3n) is 2.96. The monoisotopic (exact) mass is 377 g/mol. The summed E-state index contributed by atoms with van der Waals surface area (Å²) in [5, 5.41) is 16.1. The van der Waals surface area contributed by atoms with Crippen molar-refractivity contribution in [3.8, 4) is 0 Å². The van der Waals surface area contributed by atoms with Gasteiger partial charge in [0.2, 0.25) is 5.91 Å². The molecule has 0 unspecified atom stereocenters. The second-order valence-corrected chi connectivity index (χ2v) is 5.64. The predicted molar refractivity (Wildman–Crippen MR) is 93.6 cm³/mol. The number of carbonyl (C=O) groups is 3. The van der Waals surface area contributed by atoms with Crippen LogP contribution in [0.15, 0.2) is 54.6 Å². The number of carbonyl (C=O) groups excluding carboxylic acids is 3. The van der Waals surface area contributed by atoms with E-state index in [1.54, 1.807) is 12.1 Å².